The molecular formula is C15H12F4O. The number of para-hydroxylation sites is 1. The second-order valence-electron chi connectivity index (χ2n) is 4.21. The minimum absolute atomic E-state index is 0.152. The van der Waals surface area contributed by atoms with Crippen molar-refractivity contribution in [3.63, 3.8) is 0 Å². The summed E-state index contributed by atoms with van der Waals surface area (Å²) in [5.41, 5.74) is 1.35. The number of hydrogen-bond acceptors (Lipinski definition) is 1. The molecule has 0 spiro atoms. The van der Waals surface area contributed by atoms with E-state index in [1.807, 2.05) is 6.07 Å². The topological polar surface area (TPSA) is 9.23 Å². The summed E-state index contributed by atoms with van der Waals surface area (Å²) in [6, 6.07) is 15.5. The smallest absolute Gasteiger partial charge is 0.340 e. The first kappa shape index (κ1) is 14.4. The molecule has 0 bridgehead atoms. The van der Waals surface area contributed by atoms with Crippen molar-refractivity contribution < 1.29 is 22.3 Å². The summed E-state index contributed by atoms with van der Waals surface area (Å²) in [5.74, 6) is -4.01. The van der Waals surface area contributed by atoms with Gasteiger partial charge in [-0.25, -0.2) is 8.78 Å². The first-order valence-electron chi connectivity index (χ1n) is 5.94. The van der Waals surface area contributed by atoms with Gasteiger partial charge in [0.25, 0.3) is 0 Å². The fourth-order valence-corrected chi connectivity index (χ4v) is 1.69. The lowest BCUT2D eigenvalue weighted by Crippen LogP contribution is -2.33. The Kier molecular flexibility index (Phi) is 4.27. The summed E-state index contributed by atoms with van der Waals surface area (Å²) in [4.78, 5) is 0. The minimum Gasteiger partial charge on any atom is -0.486 e. The van der Waals surface area contributed by atoms with E-state index in [2.05, 4.69) is 0 Å². The van der Waals surface area contributed by atoms with Gasteiger partial charge < -0.3 is 4.74 Å². The molecule has 0 heterocycles. The van der Waals surface area contributed by atoms with E-state index in [-0.39, 0.29) is 5.75 Å². The number of rotatable bonds is 5. The van der Waals surface area contributed by atoms with Gasteiger partial charge in [0.05, 0.1) is 0 Å². The fourth-order valence-electron chi connectivity index (χ4n) is 1.69. The van der Waals surface area contributed by atoms with Crippen molar-refractivity contribution in [1.82, 2.24) is 0 Å². The second-order valence-corrected chi connectivity index (χ2v) is 4.21. The van der Waals surface area contributed by atoms with Crippen molar-refractivity contribution in [2.45, 2.75) is 12.3 Å². The van der Waals surface area contributed by atoms with Crippen LogP contribution >= 0.6 is 0 Å². The largest absolute Gasteiger partial charge is 0.486 e. The van der Waals surface area contributed by atoms with Gasteiger partial charge in [0.2, 0.25) is 0 Å². The Morgan fingerprint density at radius 2 is 1.50 bits per heavy atom. The maximum atomic E-state index is 12.9. The summed E-state index contributed by atoms with van der Waals surface area (Å²) in [6.07, 6.45) is -3.74. The van der Waals surface area contributed by atoms with Crippen LogP contribution in [0.2, 0.25) is 0 Å². The van der Waals surface area contributed by atoms with Crippen LogP contribution in [0.4, 0.5) is 17.6 Å². The minimum atomic E-state index is -4.16. The molecule has 0 aliphatic heterocycles. The van der Waals surface area contributed by atoms with Crippen LogP contribution in [0.25, 0.3) is 11.1 Å². The van der Waals surface area contributed by atoms with Gasteiger partial charge in [-0.2, -0.15) is 8.78 Å². The fraction of sp³-hybridized carbons (Fsp3) is 0.200. The molecule has 2 aromatic rings. The van der Waals surface area contributed by atoms with Crippen molar-refractivity contribution >= 4 is 0 Å². The molecule has 2 rings (SSSR count). The first-order chi connectivity index (χ1) is 9.50. The van der Waals surface area contributed by atoms with Crippen molar-refractivity contribution in [3.05, 3.63) is 54.6 Å². The van der Waals surface area contributed by atoms with Crippen molar-refractivity contribution in [2.24, 2.45) is 0 Å². The molecule has 0 radical (unpaired) electrons. The molecule has 0 unspecified atom stereocenters. The van der Waals surface area contributed by atoms with E-state index in [4.69, 9.17) is 4.74 Å². The molecule has 0 saturated heterocycles. The van der Waals surface area contributed by atoms with Gasteiger partial charge in [-0.05, 0) is 11.6 Å². The molecule has 0 saturated carbocycles. The molecule has 0 N–H and O–H groups in total. The lowest BCUT2D eigenvalue weighted by atomic mass is 10.1. The van der Waals surface area contributed by atoms with Crippen molar-refractivity contribution in [1.29, 1.82) is 0 Å². The summed E-state index contributed by atoms with van der Waals surface area (Å²) in [7, 11) is 0. The molecule has 0 aromatic heterocycles. The van der Waals surface area contributed by atoms with Crippen LogP contribution in [-0.4, -0.2) is 19.0 Å². The highest BCUT2D eigenvalue weighted by molar-refractivity contribution is 5.70. The highest BCUT2D eigenvalue weighted by Crippen LogP contribution is 2.31. The summed E-state index contributed by atoms with van der Waals surface area (Å²) >= 11 is 0. The van der Waals surface area contributed by atoms with Crippen LogP contribution in [0.5, 0.6) is 5.75 Å². The van der Waals surface area contributed by atoms with Gasteiger partial charge >= 0.3 is 12.3 Å². The van der Waals surface area contributed by atoms with Crippen LogP contribution in [0.1, 0.15) is 0 Å². The average molecular weight is 284 g/mol. The Morgan fingerprint density at radius 1 is 0.900 bits per heavy atom. The Hall–Kier alpha value is -2.04. The SMILES string of the molecule is FC(F)C(F)(F)COc1ccccc1-c1ccccc1. The lowest BCUT2D eigenvalue weighted by Gasteiger charge is -2.17. The molecule has 0 fully saturated rings. The zero-order valence-corrected chi connectivity index (χ0v) is 10.4. The maximum Gasteiger partial charge on any atom is 0.340 e. The number of alkyl halides is 4. The third-order valence-corrected chi connectivity index (χ3v) is 2.71. The van der Waals surface area contributed by atoms with E-state index < -0.39 is 19.0 Å². The monoisotopic (exact) mass is 284 g/mol. The Morgan fingerprint density at radius 3 is 2.15 bits per heavy atom. The van der Waals surface area contributed by atoms with Crippen LogP contribution in [0.15, 0.2) is 54.6 Å². The van der Waals surface area contributed by atoms with E-state index in [9.17, 15) is 17.6 Å². The normalized spacial score (nSPS) is 11.7. The third-order valence-electron chi connectivity index (χ3n) is 2.71. The number of ether oxygens (including phenoxy) is 1. The zero-order chi connectivity index (χ0) is 14.6. The molecule has 0 amide bonds. The van der Waals surface area contributed by atoms with E-state index in [0.717, 1.165) is 5.56 Å². The predicted octanol–water partition coefficient (Wildman–Crippen LogP) is 4.63. The van der Waals surface area contributed by atoms with E-state index in [1.54, 1.807) is 42.5 Å². The highest BCUT2D eigenvalue weighted by atomic mass is 19.3. The van der Waals surface area contributed by atoms with Gasteiger partial charge in [0, 0.05) is 5.56 Å². The molecule has 20 heavy (non-hydrogen) atoms. The van der Waals surface area contributed by atoms with Gasteiger partial charge in [-0.15, -0.1) is 0 Å². The first-order valence-corrected chi connectivity index (χ1v) is 5.94. The quantitative estimate of drug-likeness (QED) is 0.727. The molecule has 5 heteroatoms. The Balaban J connectivity index is 2.22. The maximum absolute atomic E-state index is 12.9. The summed E-state index contributed by atoms with van der Waals surface area (Å²) < 4.78 is 54.9. The van der Waals surface area contributed by atoms with Crippen LogP contribution < -0.4 is 4.74 Å². The number of halogens is 4. The summed E-state index contributed by atoms with van der Waals surface area (Å²) in [6.45, 7) is -1.35. The Bertz CT molecular complexity index is 555. The number of benzene rings is 2. The number of hydrogen-bond donors (Lipinski definition) is 0. The zero-order valence-electron chi connectivity index (χ0n) is 10.4. The van der Waals surface area contributed by atoms with Crippen molar-refractivity contribution in [3.8, 4) is 16.9 Å². The molecule has 0 aliphatic carbocycles. The van der Waals surface area contributed by atoms with Gasteiger partial charge in [-0.1, -0.05) is 48.5 Å². The summed E-state index contributed by atoms with van der Waals surface area (Å²) in [5, 5.41) is 0. The van der Waals surface area contributed by atoms with Crippen LogP contribution in [-0.2, 0) is 0 Å². The lowest BCUT2D eigenvalue weighted by molar-refractivity contribution is -0.148. The standard InChI is InChI=1S/C15H12F4O/c16-14(17)15(18,19)10-20-13-9-5-4-8-12(13)11-6-2-1-3-7-11/h1-9,14H,10H2. The van der Waals surface area contributed by atoms with Crippen LogP contribution in [0.3, 0.4) is 0 Å². The van der Waals surface area contributed by atoms with Gasteiger partial charge in [0.15, 0.2) is 6.61 Å². The predicted molar refractivity (Wildman–Crippen MR) is 68.3 cm³/mol. The van der Waals surface area contributed by atoms with Gasteiger partial charge in [-0.3, -0.25) is 0 Å². The van der Waals surface area contributed by atoms with Crippen LogP contribution in [0, 0.1) is 0 Å². The van der Waals surface area contributed by atoms with Gasteiger partial charge in [0.1, 0.15) is 5.75 Å². The third kappa shape index (κ3) is 3.29. The molecule has 0 aliphatic rings. The second kappa shape index (κ2) is 5.94. The molecule has 1 nitrogen and oxygen atoms in total. The van der Waals surface area contributed by atoms with E-state index in [1.165, 1.54) is 6.07 Å². The van der Waals surface area contributed by atoms with Crippen molar-refractivity contribution in [2.75, 3.05) is 6.61 Å². The van der Waals surface area contributed by atoms with E-state index in [0.29, 0.717) is 5.56 Å². The average Bonchev–Trinajstić information content (AvgIpc) is 2.46. The van der Waals surface area contributed by atoms with E-state index >= 15 is 0 Å². The Labute approximate surface area is 113 Å². The molecule has 0 atom stereocenters. The molecule has 106 valence electrons. The molecular weight excluding hydrogens is 272 g/mol. The highest BCUT2D eigenvalue weighted by Gasteiger charge is 2.41. The molecule has 2 aromatic carbocycles.